The zero-order valence-electron chi connectivity index (χ0n) is 9.63. The Morgan fingerprint density at radius 3 is 2.30 bits per heavy atom. The Bertz CT molecular complexity index is 645. The van der Waals surface area contributed by atoms with Gasteiger partial charge in [-0.3, -0.25) is 4.28 Å². The highest BCUT2D eigenvalue weighted by atomic mass is 32.2. The molecule has 0 bridgehead atoms. The van der Waals surface area contributed by atoms with Gasteiger partial charge in [-0.15, -0.1) is 0 Å². The van der Waals surface area contributed by atoms with Crippen LogP contribution in [0.1, 0.15) is 11.1 Å². The van der Waals surface area contributed by atoms with Crippen molar-refractivity contribution in [2.75, 3.05) is 0 Å². The van der Waals surface area contributed by atoms with Gasteiger partial charge in [0.15, 0.2) is 5.71 Å². The molecule has 10 heteroatoms. The Hall–Kier alpha value is -2.12. The van der Waals surface area contributed by atoms with Crippen molar-refractivity contribution < 1.29 is 31.0 Å². The van der Waals surface area contributed by atoms with Gasteiger partial charge in [0.05, 0.1) is 6.61 Å². The standard InChI is InChI=1S/C10H7F3N2O4S/c11-10(12,13)20(17,18)19-15-9(5-14)8-3-1-7(6-16)2-4-8/h1-4,16H,6H2/b15-9+. The maximum absolute atomic E-state index is 12.0. The van der Waals surface area contributed by atoms with E-state index in [1.165, 1.54) is 30.3 Å². The second-order valence-electron chi connectivity index (χ2n) is 3.38. The Labute approximate surface area is 111 Å². The van der Waals surface area contributed by atoms with E-state index in [2.05, 4.69) is 9.44 Å². The number of benzene rings is 1. The molecular weight excluding hydrogens is 301 g/mol. The maximum atomic E-state index is 12.0. The lowest BCUT2D eigenvalue weighted by atomic mass is 10.1. The largest absolute Gasteiger partial charge is 0.536 e. The number of aliphatic hydroxyl groups excluding tert-OH is 1. The summed E-state index contributed by atoms with van der Waals surface area (Å²) < 4.78 is 60.6. The van der Waals surface area contributed by atoms with Gasteiger partial charge in [0.25, 0.3) is 0 Å². The molecule has 0 spiro atoms. The third-order valence-corrected chi connectivity index (χ3v) is 2.86. The molecule has 0 saturated carbocycles. The first kappa shape index (κ1) is 15.9. The molecule has 108 valence electrons. The smallest absolute Gasteiger partial charge is 0.392 e. The number of nitriles is 1. The van der Waals surface area contributed by atoms with E-state index in [-0.39, 0.29) is 12.2 Å². The van der Waals surface area contributed by atoms with Crippen LogP contribution >= 0.6 is 0 Å². The minimum atomic E-state index is -5.90. The van der Waals surface area contributed by atoms with E-state index in [0.29, 0.717) is 5.56 Å². The van der Waals surface area contributed by atoms with E-state index in [4.69, 9.17) is 10.4 Å². The third kappa shape index (κ3) is 3.69. The van der Waals surface area contributed by atoms with Crippen LogP contribution in [0.25, 0.3) is 0 Å². The molecule has 0 radical (unpaired) electrons. The number of alkyl halides is 3. The van der Waals surface area contributed by atoms with Gasteiger partial charge in [0.2, 0.25) is 0 Å². The quantitative estimate of drug-likeness (QED) is 0.513. The van der Waals surface area contributed by atoms with Gasteiger partial charge < -0.3 is 5.11 Å². The Morgan fingerprint density at radius 1 is 1.35 bits per heavy atom. The number of halogens is 3. The molecule has 0 aliphatic rings. The molecule has 0 saturated heterocycles. The van der Waals surface area contributed by atoms with Crippen LogP contribution in [0.3, 0.4) is 0 Å². The highest BCUT2D eigenvalue weighted by Gasteiger charge is 2.49. The van der Waals surface area contributed by atoms with Crippen molar-refractivity contribution in [1.82, 2.24) is 0 Å². The lowest BCUT2D eigenvalue weighted by molar-refractivity contribution is -0.0540. The van der Waals surface area contributed by atoms with Crippen molar-refractivity contribution in [3.63, 3.8) is 0 Å². The first-order chi connectivity index (χ1) is 9.21. The Morgan fingerprint density at radius 2 is 1.90 bits per heavy atom. The zero-order chi connectivity index (χ0) is 15.4. The average Bonchev–Trinajstić information content (AvgIpc) is 2.38. The van der Waals surface area contributed by atoms with E-state index < -0.39 is 21.3 Å². The van der Waals surface area contributed by atoms with Crippen molar-refractivity contribution in [3.8, 4) is 6.07 Å². The van der Waals surface area contributed by atoms with Crippen molar-refractivity contribution in [3.05, 3.63) is 35.4 Å². The maximum Gasteiger partial charge on any atom is 0.536 e. The molecule has 0 fully saturated rings. The molecule has 0 amide bonds. The Kier molecular flexibility index (Phi) is 4.69. The molecule has 0 atom stereocenters. The molecule has 1 rings (SSSR count). The highest BCUT2D eigenvalue weighted by Crippen LogP contribution is 2.24. The summed E-state index contributed by atoms with van der Waals surface area (Å²) >= 11 is 0. The molecule has 6 nitrogen and oxygen atoms in total. The van der Waals surface area contributed by atoms with Gasteiger partial charge >= 0.3 is 15.6 Å². The van der Waals surface area contributed by atoms with Gasteiger partial charge in [0, 0.05) is 5.56 Å². The minimum absolute atomic E-state index is 0.0436. The lowest BCUT2D eigenvalue weighted by Gasteiger charge is -2.05. The summed E-state index contributed by atoms with van der Waals surface area (Å²) in [7, 11) is -5.90. The predicted molar refractivity (Wildman–Crippen MR) is 60.6 cm³/mol. The Balaban J connectivity index is 3.02. The first-order valence-corrected chi connectivity index (χ1v) is 6.30. The van der Waals surface area contributed by atoms with Gasteiger partial charge in [-0.05, 0) is 5.56 Å². The molecule has 20 heavy (non-hydrogen) atoms. The van der Waals surface area contributed by atoms with Gasteiger partial charge in [-0.25, -0.2) is 0 Å². The van der Waals surface area contributed by atoms with Crippen LogP contribution in [-0.4, -0.2) is 24.7 Å². The molecule has 1 N–H and O–H groups in total. The number of hydrogen-bond donors (Lipinski definition) is 1. The van der Waals surface area contributed by atoms with Crippen LogP contribution in [0.15, 0.2) is 29.4 Å². The summed E-state index contributed by atoms with van der Waals surface area (Å²) in [6.45, 7) is -0.266. The van der Waals surface area contributed by atoms with E-state index in [1.54, 1.807) is 0 Å². The van der Waals surface area contributed by atoms with Crippen LogP contribution in [-0.2, 0) is 21.0 Å². The number of aliphatic hydroxyl groups is 1. The van der Waals surface area contributed by atoms with E-state index >= 15 is 0 Å². The number of rotatable bonds is 4. The van der Waals surface area contributed by atoms with Crippen molar-refractivity contribution in [1.29, 1.82) is 5.26 Å². The van der Waals surface area contributed by atoms with Gasteiger partial charge in [-0.2, -0.15) is 26.9 Å². The van der Waals surface area contributed by atoms with Crippen LogP contribution in [0.2, 0.25) is 0 Å². The van der Waals surface area contributed by atoms with Crippen LogP contribution < -0.4 is 0 Å². The summed E-state index contributed by atoms with van der Waals surface area (Å²) in [5.41, 5.74) is -5.74. The second kappa shape index (κ2) is 5.89. The van der Waals surface area contributed by atoms with E-state index in [9.17, 15) is 21.6 Å². The summed E-state index contributed by atoms with van der Waals surface area (Å²) in [6.07, 6.45) is 0. The molecule has 0 aliphatic heterocycles. The molecule has 1 aromatic rings. The second-order valence-corrected chi connectivity index (χ2v) is 4.90. The summed E-state index contributed by atoms with van der Waals surface area (Å²) in [6, 6.07) is 6.74. The van der Waals surface area contributed by atoms with Crippen molar-refractivity contribution in [2.24, 2.45) is 5.16 Å². The van der Waals surface area contributed by atoms with Crippen LogP contribution in [0.5, 0.6) is 0 Å². The lowest BCUT2D eigenvalue weighted by Crippen LogP contribution is -2.24. The highest BCUT2D eigenvalue weighted by molar-refractivity contribution is 7.87. The van der Waals surface area contributed by atoms with Gasteiger partial charge in [-0.1, -0.05) is 29.4 Å². The summed E-state index contributed by atoms with van der Waals surface area (Å²) in [4.78, 5) is 0. The third-order valence-electron chi connectivity index (χ3n) is 2.03. The summed E-state index contributed by atoms with van der Waals surface area (Å²) in [5, 5.41) is 20.2. The minimum Gasteiger partial charge on any atom is -0.392 e. The number of oxime groups is 1. The van der Waals surface area contributed by atoms with Gasteiger partial charge in [0.1, 0.15) is 6.07 Å². The fourth-order valence-corrected chi connectivity index (χ4v) is 1.29. The molecule has 0 aromatic heterocycles. The van der Waals surface area contributed by atoms with Crippen LogP contribution in [0, 0.1) is 11.3 Å². The topological polar surface area (TPSA) is 99.8 Å². The molecule has 0 unspecified atom stereocenters. The van der Waals surface area contributed by atoms with Crippen molar-refractivity contribution >= 4 is 15.8 Å². The first-order valence-electron chi connectivity index (χ1n) is 4.89. The molecular formula is C10H7F3N2O4S. The monoisotopic (exact) mass is 308 g/mol. The average molecular weight is 308 g/mol. The van der Waals surface area contributed by atoms with Crippen molar-refractivity contribution in [2.45, 2.75) is 12.1 Å². The normalized spacial score (nSPS) is 12.8. The zero-order valence-corrected chi connectivity index (χ0v) is 10.4. The van der Waals surface area contributed by atoms with Crippen LogP contribution in [0.4, 0.5) is 13.2 Å². The fourth-order valence-electron chi connectivity index (χ4n) is 1.03. The number of hydrogen-bond acceptors (Lipinski definition) is 6. The summed E-state index contributed by atoms with van der Waals surface area (Å²) in [5.74, 6) is 0. The molecule has 0 aliphatic carbocycles. The predicted octanol–water partition coefficient (Wildman–Crippen LogP) is 1.27. The van der Waals surface area contributed by atoms with E-state index in [0.717, 1.165) is 0 Å². The molecule has 1 aromatic carbocycles. The number of nitrogens with zero attached hydrogens (tertiary/aromatic N) is 2. The molecule has 0 heterocycles. The van der Waals surface area contributed by atoms with E-state index in [1.807, 2.05) is 0 Å². The SMILES string of the molecule is N#C/C(=N\OS(=O)(=O)C(F)(F)F)c1ccc(CO)cc1. The fraction of sp³-hybridized carbons (Fsp3) is 0.200.